The summed E-state index contributed by atoms with van der Waals surface area (Å²) in [7, 11) is 1.71. The molecular weight excluding hydrogens is 356 g/mol. The third-order valence-electron chi connectivity index (χ3n) is 3.99. The predicted octanol–water partition coefficient (Wildman–Crippen LogP) is 2.97. The van der Waals surface area contributed by atoms with Gasteiger partial charge in [0.25, 0.3) is 5.91 Å². The Hall–Kier alpha value is -2.96. The average molecular weight is 386 g/mol. The van der Waals surface area contributed by atoms with Gasteiger partial charge in [0, 0.05) is 20.1 Å². The number of nitrogens with zero attached hydrogens (tertiary/aromatic N) is 1. The molecule has 1 aromatic carbocycles. The Labute approximate surface area is 166 Å². The minimum atomic E-state index is -0.233. The number of amides is 1. The number of benzene rings is 1. The Balaban J connectivity index is 1.74. The highest BCUT2D eigenvalue weighted by Gasteiger charge is 2.09. The molecule has 0 aliphatic rings. The smallest absolute Gasteiger partial charge is 0.287 e. The summed E-state index contributed by atoms with van der Waals surface area (Å²) in [6, 6.07) is 11.4. The van der Waals surface area contributed by atoms with Crippen LogP contribution >= 0.6 is 0 Å². The summed E-state index contributed by atoms with van der Waals surface area (Å²) in [4.78, 5) is 16.0. The molecule has 1 aromatic heterocycles. The molecule has 152 valence electrons. The van der Waals surface area contributed by atoms with Gasteiger partial charge in [-0.15, -0.1) is 0 Å². The molecule has 0 fully saturated rings. The number of guanidine groups is 1. The average Bonchev–Trinajstić information content (AvgIpc) is 3.23. The molecule has 1 amide bonds. The van der Waals surface area contributed by atoms with Crippen LogP contribution in [0, 0.1) is 5.92 Å². The Morgan fingerprint density at radius 1 is 1.11 bits per heavy atom. The van der Waals surface area contributed by atoms with E-state index in [1.807, 2.05) is 24.3 Å². The van der Waals surface area contributed by atoms with Crippen molar-refractivity contribution in [3.8, 4) is 5.75 Å². The molecule has 1 heterocycles. The van der Waals surface area contributed by atoms with Gasteiger partial charge in [0.15, 0.2) is 11.7 Å². The third kappa shape index (κ3) is 6.98. The van der Waals surface area contributed by atoms with Gasteiger partial charge in [0.2, 0.25) is 0 Å². The van der Waals surface area contributed by atoms with Crippen LogP contribution in [0.4, 0.5) is 0 Å². The molecular formula is C21H30N4O3. The van der Waals surface area contributed by atoms with Crippen molar-refractivity contribution in [2.75, 3.05) is 26.7 Å². The van der Waals surface area contributed by atoms with Gasteiger partial charge in [-0.1, -0.05) is 26.0 Å². The maximum atomic E-state index is 11.8. The normalized spacial score (nSPS) is 12.5. The number of nitrogens with one attached hydrogen (secondary N) is 3. The predicted molar refractivity (Wildman–Crippen MR) is 111 cm³/mol. The Bertz CT molecular complexity index is 740. The zero-order valence-corrected chi connectivity index (χ0v) is 17.0. The first kappa shape index (κ1) is 21.3. The highest BCUT2D eigenvalue weighted by Crippen LogP contribution is 2.18. The Morgan fingerprint density at radius 2 is 1.82 bits per heavy atom. The van der Waals surface area contributed by atoms with Crippen molar-refractivity contribution >= 4 is 11.9 Å². The zero-order chi connectivity index (χ0) is 20.4. The molecule has 1 atom stereocenters. The van der Waals surface area contributed by atoms with E-state index in [2.05, 4.69) is 41.7 Å². The fourth-order valence-corrected chi connectivity index (χ4v) is 2.45. The van der Waals surface area contributed by atoms with Crippen LogP contribution in [-0.4, -0.2) is 38.6 Å². The highest BCUT2D eigenvalue weighted by molar-refractivity contribution is 5.91. The van der Waals surface area contributed by atoms with Crippen molar-refractivity contribution in [1.29, 1.82) is 0 Å². The number of carbonyl (C=O) groups is 1. The molecule has 0 aliphatic carbocycles. The van der Waals surface area contributed by atoms with Gasteiger partial charge in [-0.3, -0.25) is 9.79 Å². The van der Waals surface area contributed by atoms with E-state index in [9.17, 15) is 4.79 Å². The molecule has 0 bridgehead atoms. The second-order valence-corrected chi connectivity index (χ2v) is 6.87. The quantitative estimate of drug-likeness (QED) is 0.350. The number of hydrogen-bond donors (Lipinski definition) is 3. The standard InChI is InChI=1S/C21H30N4O3/c1-15(2)14-28-18-9-7-17(8-10-18)16(3)25-21(22-4)24-12-11-23-20(26)19-6-5-13-27-19/h5-10,13,15-16H,11-12,14H2,1-4H3,(H,23,26)(H2,22,24,25). The number of rotatable bonds is 9. The summed E-state index contributed by atoms with van der Waals surface area (Å²) in [5.74, 6) is 2.11. The molecule has 0 radical (unpaired) electrons. The van der Waals surface area contributed by atoms with E-state index in [1.165, 1.54) is 6.26 Å². The molecule has 7 heteroatoms. The Kier molecular flexibility index (Phi) is 8.39. The molecule has 7 nitrogen and oxygen atoms in total. The molecule has 0 aliphatic heterocycles. The van der Waals surface area contributed by atoms with E-state index in [4.69, 9.17) is 9.15 Å². The van der Waals surface area contributed by atoms with Gasteiger partial charge in [0.05, 0.1) is 18.9 Å². The summed E-state index contributed by atoms with van der Waals surface area (Å²) in [5, 5.41) is 9.30. The van der Waals surface area contributed by atoms with Gasteiger partial charge >= 0.3 is 0 Å². The lowest BCUT2D eigenvalue weighted by atomic mass is 10.1. The molecule has 0 saturated carbocycles. The van der Waals surface area contributed by atoms with Crippen LogP contribution in [-0.2, 0) is 0 Å². The molecule has 2 rings (SSSR count). The molecule has 2 aromatic rings. The number of furan rings is 1. The van der Waals surface area contributed by atoms with Crippen molar-refractivity contribution in [3.05, 3.63) is 54.0 Å². The number of carbonyl (C=O) groups excluding carboxylic acids is 1. The maximum absolute atomic E-state index is 11.8. The van der Waals surface area contributed by atoms with Crippen LogP contribution in [0.3, 0.4) is 0 Å². The lowest BCUT2D eigenvalue weighted by Gasteiger charge is -2.19. The SMILES string of the molecule is CN=C(NCCNC(=O)c1ccco1)NC(C)c1ccc(OCC(C)C)cc1. The van der Waals surface area contributed by atoms with Crippen molar-refractivity contribution in [2.45, 2.75) is 26.8 Å². The topological polar surface area (TPSA) is 87.9 Å². The van der Waals surface area contributed by atoms with Crippen LogP contribution in [0.5, 0.6) is 5.75 Å². The van der Waals surface area contributed by atoms with Gasteiger partial charge in [-0.25, -0.2) is 0 Å². The summed E-state index contributed by atoms with van der Waals surface area (Å²) in [6.07, 6.45) is 1.48. The van der Waals surface area contributed by atoms with Gasteiger partial charge in [0.1, 0.15) is 5.75 Å². The molecule has 3 N–H and O–H groups in total. The lowest BCUT2D eigenvalue weighted by molar-refractivity contribution is 0.0926. The fourth-order valence-electron chi connectivity index (χ4n) is 2.45. The second-order valence-electron chi connectivity index (χ2n) is 6.87. The van der Waals surface area contributed by atoms with Crippen molar-refractivity contribution in [1.82, 2.24) is 16.0 Å². The highest BCUT2D eigenvalue weighted by atomic mass is 16.5. The van der Waals surface area contributed by atoms with Crippen LogP contribution in [0.25, 0.3) is 0 Å². The second kappa shape index (κ2) is 11.0. The van der Waals surface area contributed by atoms with Gasteiger partial charge in [-0.05, 0) is 42.7 Å². The lowest BCUT2D eigenvalue weighted by Crippen LogP contribution is -2.42. The molecule has 28 heavy (non-hydrogen) atoms. The maximum Gasteiger partial charge on any atom is 0.287 e. The van der Waals surface area contributed by atoms with Crippen LogP contribution < -0.4 is 20.7 Å². The van der Waals surface area contributed by atoms with Crippen LogP contribution in [0.15, 0.2) is 52.1 Å². The van der Waals surface area contributed by atoms with Crippen molar-refractivity contribution in [2.24, 2.45) is 10.9 Å². The monoisotopic (exact) mass is 386 g/mol. The number of ether oxygens (including phenoxy) is 1. The van der Waals surface area contributed by atoms with E-state index in [0.29, 0.717) is 37.3 Å². The summed E-state index contributed by atoms with van der Waals surface area (Å²) < 4.78 is 10.8. The summed E-state index contributed by atoms with van der Waals surface area (Å²) >= 11 is 0. The first-order chi connectivity index (χ1) is 13.5. The largest absolute Gasteiger partial charge is 0.493 e. The summed E-state index contributed by atoms with van der Waals surface area (Å²) in [6.45, 7) is 8.02. The third-order valence-corrected chi connectivity index (χ3v) is 3.99. The van der Waals surface area contributed by atoms with E-state index in [-0.39, 0.29) is 11.9 Å². The minimum Gasteiger partial charge on any atom is -0.493 e. The molecule has 0 spiro atoms. The van der Waals surface area contributed by atoms with E-state index in [1.54, 1.807) is 19.2 Å². The Morgan fingerprint density at radius 3 is 2.43 bits per heavy atom. The molecule has 1 unspecified atom stereocenters. The zero-order valence-electron chi connectivity index (χ0n) is 17.0. The fraction of sp³-hybridized carbons (Fsp3) is 0.429. The summed E-state index contributed by atoms with van der Waals surface area (Å²) in [5.41, 5.74) is 1.13. The first-order valence-electron chi connectivity index (χ1n) is 9.51. The van der Waals surface area contributed by atoms with Crippen molar-refractivity contribution < 1.29 is 13.9 Å². The van der Waals surface area contributed by atoms with Crippen LogP contribution in [0.2, 0.25) is 0 Å². The minimum absolute atomic E-state index is 0.0723. The van der Waals surface area contributed by atoms with E-state index in [0.717, 1.165) is 11.3 Å². The number of aliphatic imine (C=N–C) groups is 1. The molecule has 0 saturated heterocycles. The van der Waals surface area contributed by atoms with E-state index < -0.39 is 0 Å². The van der Waals surface area contributed by atoms with E-state index >= 15 is 0 Å². The van der Waals surface area contributed by atoms with Gasteiger partial charge < -0.3 is 25.1 Å². The number of hydrogen-bond acceptors (Lipinski definition) is 4. The van der Waals surface area contributed by atoms with Crippen LogP contribution in [0.1, 0.15) is 42.9 Å². The first-order valence-corrected chi connectivity index (χ1v) is 9.51. The van der Waals surface area contributed by atoms with Gasteiger partial charge in [-0.2, -0.15) is 0 Å². The van der Waals surface area contributed by atoms with Crippen molar-refractivity contribution in [3.63, 3.8) is 0 Å².